The van der Waals surface area contributed by atoms with Crippen LogP contribution in [0.15, 0.2) is 0 Å². The summed E-state index contributed by atoms with van der Waals surface area (Å²) in [5.41, 5.74) is 0. The third kappa shape index (κ3) is 9.07. The van der Waals surface area contributed by atoms with Gasteiger partial charge in [0.15, 0.2) is 0 Å². The van der Waals surface area contributed by atoms with E-state index < -0.39 is 18.4 Å². The monoisotopic (exact) mass is 158 g/mol. The van der Waals surface area contributed by atoms with E-state index in [1.54, 1.807) is 0 Å². The molecule has 0 aromatic carbocycles. The maximum absolute atomic E-state index is 9.28. The number of carboxylic acid groups (broad SMARTS) is 2. The predicted octanol–water partition coefficient (Wildman–Crippen LogP) is -3.13. The van der Waals surface area contributed by atoms with E-state index in [1.807, 2.05) is 0 Å². The molecule has 46 valence electrons. The second kappa shape index (κ2) is 4.61. The second-order valence-corrected chi connectivity index (χ2v) is 0.921. The van der Waals surface area contributed by atoms with Gasteiger partial charge in [0.1, 0.15) is 0 Å². The van der Waals surface area contributed by atoms with Gasteiger partial charge in [-0.3, -0.25) is 0 Å². The van der Waals surface area contributed by atoms with Gasteiger partial charge < -0.3 is 19.8 Å². The fourth-order valence-corrected chi connectivity index (χ4v) is 0.118. The molecule has 0 rings (SSSR count). The molecule has 5 heteroatoms. The molecule has 4 nitrogen and oxygen atoms in total. The van der Waals surface area contributed by atoms with Crippen molar-refractivity contribution >= 4 is 11.9 Å². The van der Waals surface area contributed by atoms with Gasteiger partial charge in [-0.25, -0.2) is 0 Å². The van der Waals surface area contributed by atoms with E-state index in [0.29, 0.717) is 0 Å². The first-order valence-corrected chi connectivity index (χ1v) is 1.52. The number of rotatable bonds is 2. The Labute approximate surface area is 56.0 Å². The van der Waals surface area contributed by atoms with Crippen LogP contribution in [0.3, 0.4) is 0 Å². The van der Waals surface area contributed by atoms with Crippen molar-refractivity contribution in [1.29, 1.82) is 0 Å². The van der Waals surface area contributed by atoms with Crippen molar-refractivity contribution in [2.45, 2.75) is 6.42 Å². The predicted molar refractivity (Wildman–Crippen MR) is 14.6 cm³/mol. The maximum atomic E-state index is 9.28. The molecule has 0 aliphatic carbocycles. The standard InChI is InChI=1S/C3H4O4.Fe/c4-2(5)1-3(6)7;/h1H2,(H,4,5)(H,6,7);/q;+2/p-2. The molecular formula is C3H2FeO4. The molecule has 0 bridgehead atoms. The molecule has 0 aliphatic rings. The van der Waals surface area contributed by atoms with Crippen LogP contribution in [0.5, 0.6) is 0 Å². The Balaban J connectivity index is 0. The van der Waals surface area contributed by atoms with Crippen molar-refractivity contribution in [3.63, 3.8) is 0 Å². The van der Waals surface area contributed by atoms with Crippen LogP contribution in [0.4, 0.5) is 0 Å². The summed E-state index contributed by atoms with van der Waals surface area (Å²) in [5, 5.41) is 18.6. The van der Waals surface area contributed by atoms with Crippen LogP contribution in [-0.2, 0) is 26.7 Å². The largest absolute Gasteiger partial charge is 2.00 e. The number of aliphatic carboxylic acids is 2. The molecule has 0 spiro atoms. The molecule has 0 heterocycles. The summed E-state index contributed by atoms with van der Waals surface area (Å²) in [4.78, 5) is 18.6. The summed E-state index contributed by atoms with van der Waals surface area (Å²) in [6.07, 6.45) is -1.03. The summed E-state index contributed by atoms with van der Waals surface area (Å²) in [7, 11) is 0. The molecule has 0 atom stereocenters. The average molecular weight is 158 g/mol. The minimum Gasteiger partial charge on any atom is -0.550 e. The number of carboxylic acids is 2. The van der Waals surface area contributed by atoms with E-state index in [0.717, 1.165) is 0 Å². The van der Waals surface area contributed by atoms with Crippen LogP contribution in [0.25, 0.3) is 0 Å². The zero-order chi connectivity index (χ0) is 5.86. The second-order valence-electron chi connectivity index (χ2n) is 0.921. The topological polar surface area (TPSA) is 80.3 Å². The fraction of sp³-hybridized carbons (Fsp3) is 0.333. The molecule has 0 radical (unpaired) electrons. The SMILES string of the molecule is O=C([O-])CC(=O)[O-].[Fe+2]. The molecule has 0 saturated carbocycles. The number of carbonyl (C=O) groups excluding carboxylic acids is 2. The van der Waals surface area contributed by atoms with E-state index >= 15 is 0 Å². The van der Waals surface area contributed by atoms with Crippen molar-refractivity contribution in [3.05, 3.63) is 0 Å². The quantitative estimate of drug-likeness (QED) is 0.314. The molecule has 0 aromatic heterocycles. The summed E-state index contributed by atoms with van der Waals surface area (Å²) in [5.74, 6) is -3.25. The zero-order valence-electron chi connectivity index (χ0n) is 3.69. The van der Waals surface area contributed by atoms with Gasteiger partial charge in [-0.15, -0.1) is 0 Å². The van der Waals surface area contributed by atoms with Gasteiger partial charge in [-0.05, 0) is 0 Å². The van der Waals surface area contributed by atoms with Crippen molar-refractivity contribution in [2.75, 3.05) is 0 Å². The van der Waals surface area contributed by atoms with Gasteiger partial charge in [0.2, 0.25) is 0 Å². The average Bonchev–Trinajstić information content (AvgIpc) is 1.27. The first kappa shape index (κ1) is 10.4. The van der Waals surface area contributed by atoms with Crippen LogP contribution in [0.1, 0.15) is 6.42 Å². The Morgan fingerprint density at radius 1 is 1.12 bits per heavy atom. The molecule has 0 amide bonds. The van der Waals surface area contributed by atoms with Crippen molar-refractivity contribution < 1.29 is 36.9 Å². The van der Waals surface area contributed by atoms with E-state index in [4.69, 9.17) is 0 Å². The van der Waals surface area contributed by atoms with Gasteiger partial charge in [0.25, 0.3) is 0 Å². The Morgan fingerprint density at radius 3 is 1.38 bits per heavy atom. The van der Waals surface area contributed by atoms with Crippen LogP contribution in [-0.4, -0.2) is 11.9 Å². The van der Waals surface area contributed by atoms with Crippen LogP contribution >= 0.6 is 0 Å². The molecule has 0 fully saturated rings. The van der Waals surface area contributed by atoms with E-state index in [-0.39, 0.29) is 17.1 Å². The first-order valence-electron chi connectivity index (χ1n) is 1.52. The van der Waals surface area contributed by atoms with Crippen LogP contribution in [0.2, 0.25) is 0 Å². The summed E-state index contributed by atoms with van der Waals surface area (Å²) < 4.78 is 0. The van der Waals surface area contributed by atoms with Gasteiger partial charge in [0, 0.05) is 18.4 Å². The number of hydrogen-bond acceptors (Lipinski definition) is 4. The minimum absolute atomic E-state index is 0. The van der Waals surface area contributed by atoms with Gasteiger partial charge in [-0.2, -0.15) is 0 Å². The Hall–Kier alpha value is -0.541. The Bertz CT molecular complexity index is 87.5. The fourth-order valence-electron chi connectivity index (χ4n) is 0.118. The third-order valence-electron chi connectivity index (χ3n) is 0.289. The van der Waals surface area contributed by atoms with Gasteiger partial charge >= 0.3 is 17.1 Å². The van der Waals surface area contributed by atoms with E-state index in [9.17, 15) is 19.8 Å². The summed E-state index contributed by atoms with van der Waals surface area (Å²) >= 11 is 0. The third-order valence-corrected chi connectivity index (χ3v) is 0.289. The van der Waals surface area contributed by atoms with Crippen molar-refractivity contribution in [3.8, 4) is 0 Å². The zero-order valence-corrected chi connectivity index (χ0v) is 4.80. The van der Waals surface area contributed by atoms with E-state index in [2.05, 4.69) is 0 Å². The normalized spacial score (nSPS) is 7.00. The van der Waals surface area contributed by atoms with Crippen LogP contribution in [0, 0.1) is 0 Å². The molecule has 0 N–H and O–H groups in total. The Morgan fingerprint density at radius 2 is 1.38 bits per heavy atom. The Kier molecular flexibility index (Phi) is 6.02. The molecule has 0 unspecified atom stereocenters. The molecule has 0 saturated heterocycles. The smallest absolute Gasteiger partial charge is 0.550 e. The molecule has 8 heavy (non-hydrogen) atoms. The first-order chi connectivity index (χ1) is 3.13. The molecule has 0 aliphatic heterocycles. The van der Waals surface area contributed by atoms with Crippen molar-refractivity contribution in [1.82, 2.24) is 0 Å². The van der Waals surface area contributed by atoms with E-state index in [1.165, 1.54) is 0 Å². The number of hydrogen-bond donors (Lipinski definition) is 0. The minimum atomic E-state index is -1.63. The molecular weight excluding hydrogens is 156 g/mol. The number of carbonyl (C=O) groups is 2. The maximum Gasteiger partial charge on any atom is 2.00 e. The van der Waals surface area contributed by atoms with Crippen LogP contribution < -0.4 is 10.2 Å². The summed E-state index contributed by atoms with van der Waals surface area (Å²) in [6, 6.07) is 0. The van der Waals surface area contributed by atoms with Crippen molar-refractivity contribution in [2.24, 2.45) is 0 Å². The van der Waals surface area contributed by atoms with Gasteiger partial charge in [0.05, 0.1) is 0 Å². The molecule has 0 aromatic rings. The van der Waals surface area contributed by atoms with Gasteiger partial charge in [-0.1, -0.05) is 0 Å². The summed E-state index contributed by atoms with van der Waals surface area (Å²) in [6.45, 7) is 0.